The Morgan fingerprint density at radius 1 is 0.440 bits per heavy atom. The van der Waals surface area contributed by atoms with Gasteiger partial charge in [-0.1, -0.05) is 76.3 Å². The van der Waals surface area contributed by atoms with Gasteiger partial charge in [-0.3, -0.25) is 19.2 Å². The molecule has 444 valence electrons. The van der Waals surface area contributed by atoms with Gasteiger partial charge in [-0.15, -0.1) is 0 Å². The maximum absolute atomic E-state index is 13.1. The van der Waals surface area contributed by atoms with E-state index in [9.17, 15) is 62.4 Å². The molecule has 0 aliphatic rings. The molecule has 0 aliphatic heterocycles. The van der Waals surface area contributed by atoms with Crippen LogP contribution in [0.4, 0.5) is 22.7 Å². The Morgan fingerprint density at radius 3 is 0.952 bits per heavy atom. The zero-order chi connectivity index (χ0) is 61.9. The van der Waals surface area contributed by atoms with E-state index in [-0.39, 0.29) is 160 Å². The quantitative estimate of drug-likeness (QED) is 0.0314. The van der Waals surface area contributed by atoms with Crippen molar-refractivity contribution in [2.24, 2.45) is 0 Å². The Kier molecular flexibility index (Phi) is 31.4. The third-order valence-corrected chi connectivity index (χ3v) is 16.3. The monoisotopic (exact) mass is 1290 g/mol. The van der Waals surface area contributed by atoms with Gasteiger partial charge in [-0.2, -0.15) is 0 Å². The van der Waals surface area contributed by atoms with E-state index in [0.717, 1.165) is 0 Å². The van der Waals surface area contributed by atoms with Gasteiger partial charge in [0.05, 0.1) is 31.4 Å². The normalized spacial score (nSPS) is 11.4. The topological polar surface area (TPSA) is 363 Å². The number of amides is 6. The van der Waals surface area contributed by atoms with Crippen LogP contribution >= 0.6 is 24.4 Å². The molecule has 0 fully saturated rings. The van der Waals surface area contributed by atoms with Crippen LogP contribution < -0.4 is 100 Å². The van der Waals surface area contributed by atoms with Crippen LogP contribution in [0.15, 0.2) is 92.4 Å². The van der Waals surface area contributed by atoms with Crippen LogP contribution in [-0.2, 0) is 68.9 Å². The fraction of sp³-hybridized carbons (Fsp3) is 0.308. The van der Waals surface area contributed by atoms with Gasteiger partial charge in [0.25, 0.3) is 20.0 Å². The van der Waals surface area contributed by atoms with Crippen LogP contribution in [0, 0.1) is 0 Å². The van der Waals surface area contributed by atoms with Crippen LogP contribution in [0.5, 0.6) is 0 Å². The van der Waals surface area contributed by atoms with Crippen molar-refractivity contribution in [3.63, 3.8) is 0 Å². The van der Waals surface area contributed by atoms with E-state index in [1.54, 1.807) is 12.1 Å². The first-order valence-corrected chi connectivity index (χ1v) is 31.6. The largest absolute Gasteiger partial charge is 1.00 e. The molecule has 8 N–H and O–H groups in total. The molecular formula is C52H64N10Na2O14S6. The van der Waals surface area contributed by atoms with E-state index in [4.69, 9.17) is 24.4 Å². The molecule has 0 spiro atoms. The summed E-state index contributed by atoms with van der Waals surface area (Å²) in [5.74, 6) is -4.05. The van der Waals surface area contributed by atoms with Crippen molar-refractivity contribution in [3.8, 4) is 0 Å². The number of nitrogens with zero attached hydrogens (tertiary/aromatic N) is 2. The smallest absolute Gasteiger partial charge is 0.542 e. The second-order valence-electron chi connectivity index (χ2n) is 17.9. The van der Waals surface area contributed by atoms with Crippen LogP contribution in [0.2, 0.25) is 0 Å². The first-order chi connectivity index (χ1) is 38.1. The first-order valence-electron chi connectivity index (χ1n) is 24.9. The number of nitrogens with one attached hydrogen (secondary N) is 8. The molecular weight excluding hydrogens is 1230 g/mol. The number of rotatable bonds is 22. The van der Waals surface area contributed by atoms with Crippen molar-refractivity contribution in [2.45, 2.75) is 127 Å². The number of thiocarbonyl (C=S) groups is 2. The Balaban J connectivity index is 0.000000820. The number of carbonyl (C=O) groups excluding carboxylic acids is 6. The van der Waals surface area contributed by atoms with E-state index < -0.39 is 75.5 Å². The summed E-state index contributed by atoms with van der Waals surface area (Å²) in [6.07, 6.45) is 4.89. The van der Waals surface area contributed by atoms with Crippen molar-refractivity contribution < 1.29 is 122 Å². The van der Waals surface area contributed by atoms with Gasteiger partial charge in [0.15, 0.2) is 10.2 Å². The summed E-state index contributed by atoms with van der Waals surface area (Å²) in [5.41, 5.74) is 1.32. The summed E-state index contributed by atoms with van der Waals surface area (Å²) >= 11 is 10.5. The van der Waals surface area contributed by atoms with Crippen LogP contribution in [0.3, 0.4) is 0 Å². The summed E-state index contributed by atoms with van der Waals surface area (Å²) in [6.45, 7) is 15.9. The van der Waals surface area contributed by atoms with E-state index in [0.29, 0.717) is 11.4 Å². The Morgan fingerprint density at radius 2 is 0.702 bits per heavy atom. The van der Waals surface area contributed by atoms with Crippen molar-refractivity contribution in [3.05, 3.63) is 104 Å². The molecule has 0 heterocycles. The fourth-order valence-electron chi connectivity index (χ4n) is 6.59. The maximum atomic E-state index is 13.1. The minimum Gasteiger partial charge on any atom is -0.542 e. The Bertz CT molecular complexity index is 3420. The molecule has 4 aromatic carbocycles. The Hall–Kier alpha value is -5.64. The van der Waals surface area contributed by atoms with Crippen molar-refractivity contribution in [1.29, 1.82) is 0 Å². The fourth-order valence-corrected chi connectivity index (χ4v) is 12.3. The van der Waals surface area contributed by atoms with Gasteiger partial charge in [-0.05, 0) is 136 Å². The molecule has 84 heavy (non-hydrogen) atoms. The first kappa shape index (κ1) is 76.4. The summed E-state index contributed by atoms with van der Waals surface area (Å²) in [7, 11) is -17.7. The molecule has 6 amide bonds. The zero-order valence-corrected chi connectivity index (χ0v) is 57.2. The number of hydrogen-bond donors (Lipinski definition) is 8. The standard InChI is InChI=1S/2C26H33N5O7S3.2Na/c2*1-6-24(33)30-40(35,36)22-14-20(28-17(5)32)12-10-18(22)8-9-19-11-13-21(29-26(39)27-16(3)4)15-23(19)41(37,38)31-25(34)7-2;;/h2*8-16H,6-7H2,1-5H3,(H5,27,28,29,30,31,32,33,34,39);;/q;;2*+1/p-2/b2*9-8+;;. The minimum absolute atomic E-state index is 0. The molecule has 24 nitrogen and oxygen atoms in total. The Labute approximate surface area is 546 Å². The number of hydrogen-bond acceptors (Lipinski definition) is 16. The maximum Gasteiger partial charge on any atom is 1.00 e. The van der Waals surface area contributed by atoms with Gasteiger partial charge >= 0.3 is 59.1 Å². The molecule has 0 radical (unpaired) electrons. The predicted octanol–water partition coefficient (Wildman–Crippen LogP) is 1.46. The molecule has 32 heteroatoms. The molecule has 0 saturated heterocycles. The van der Waals surface area contributed by atoms with Crippen molar-refractivity contribution in [1.82, 2.24) is 20.1 Å². The summed E-state index contributed by atoms with van der Waals surface area (Å²) in [6, 6.07) is 16.5. The number of sulfonamides is 4. The average molecular weight is 1290 g/mol. The molecule has 4 rings (SSSR count). The van der Waals surface area contributed by atoms with Crippen LogP contribution in [-0.4, -0.2) is 91.4 Å². The van der Waals surface area contributed by atoms with E-state index in [1.165, 1.54) is 127 Å². The van der Waals surface area contributed by atoms with E-state index >= 15 is 0 Å². The molecule has 0 saturated carbocycles. The summed E-state index contributed by atoms with van der Waals surface area (Å²) in [5, 5.41) is 17.2. The molecule has 0 aromatic heterocycles. The van der Waals surface area contributed by atoms with Gasteiger partial charge in [-0.25, -0.2) is 43.1 Å². The molecule has 4 aromatic rings. The van der Waals surface area contributed by atoms with Crippen molar-refractivity contribution in [2.75, 3.05) is 21.3 Å². The van der Waals surface area contributed by atoms with Gasteiger partial charge in [0, 0.05) is 61.5 Å². The number of anilines is 4. The van der Waals surface area contributed by atoms with Gasteiger partial charge in [0.2, 0.25) is 23.6 Å². The third-order valence-electron chi connectivity index (χ3n) is 10.3. The number of carbonyl (C=O) groups is 6. The third kappa shape index (κ3) is 24.8. The number of benzene rings is 4. The van der Waals surface area contributed by atoms with E-state index in [2.05, 4.69) is 41.3 Å². The summed E-state index contributed by atoms with van der Waals surface area (Å²) < 4.78 is 115. The molecule has 0 atom stereocenters. The summed E-state index contributed by atoms with van der Waals surface area (Å²) in [4.78, 5) is 69.3. The van der Waals surface area contributed by atoms with Crippen LogP contribution in [0.1, 0.15) is 117 Å². The molecule has 0 aliphatic carbocycles. The van der Waals surface area contributed by atoms with E-state index in [1.807, 2.05) is 37.1 Å². The minimum atomic E-state index is -4.47. The average Bonchev–Trinajstić information content (AvgIpc) is 2.21. The van der Waals surface area contributed by atoms with Gasteiger partial charge in [0.1, 0.15) is 20.0 Å². The van der Waals surface area contributed by atoms with Gasteiger partial charge < -0.3 is 50.9 Å². The SMILES string of the molecule is CCC(=O)[N-]S(=O)(=O)c1cc(NC(=S)NC(C)C)ccc1/C=C/c1ccc(NC(C)=O)cc1S(=O)(=O)NC(=O)CC.CCC(=O)[N-]S(=O)(=O)c1cc(NC(=S)NC(C)C)ccc1/C=C/c1ccc(NC(C)=O)cc1S(=O)(=O)NC(=O)CC.[Na+].[Na+]. The van der Waals surface area contributed by atoms with Crippen LogP contribution in [0.25, 0.3) is 33.7 Å². The zero-order valence-electron chi connectivity index (χ0n) is 48.3. The second kappa shape index (κ2) is 34.5. The second-order valence-corrected chi connectivity index (χ2v) is 25.2. The molecule has 0 bridgehead atoms. The predicted molar refractivity (Wildman–Crippen MR) is 324 cm³/mol. The molecule has 0 unspecified atom stereocenters. The van der Waals surface area contributed by atoms with Crippen molar-refractivity contribution >= 4 is 157 Å².